The molecule has 0 amide bonds. The monoisotopic (exact) mass is 440 g/mol. The number of oxazole rings is 1. The number of imidazole rings is 1. The van der Waals surface area contributed by atoms with Crippen molar-refractivity contribution in [3.8, 4) is 11.3 Å². The lowest BCUT2D eigenvalue weighted by Gasteiger charge is -2.22. The van der Waals surface area contributed by atoms with Gasteiger partial charge in [0.25, 0.3) is 5.92 Å². The minimum absolute atomic E-state index is 0.0896. The topological polar surface area (TPSA) is 79.2 Å². The van der Waals surface area contributed by atoms with Crippen LogP contribution in [0.5, 0.6) is 0 Å². The van der Waals surface area contributed by atoms with Gasteiger partial charge in [0.2, 0.25) is 0 Å². The summed E-state index contributed by atoms with van der Waals surface area (Å²) in [5, 5.41) is 6.75. The molecular weight excluding hydrogens is 414 g/mol. The fraction of sp³-hybridized carbons (Fsp3) is 0.348. The highest BCUT2D eigenvalue weighted by Gasteiger charge is 2.26. The summed E-state index contributed by atoms with van der Waals surface area (Å²) in [6.45, 7) is 7.08. The summed E-state index contributed by atoms with van der Waals surface area (Å²) in [4.78, 5) is 13.1. The minimum atomic E-state index is -2.96. The average Bonchev–Trinajstić information content (AvgIpc) is 3.38. The lowest BCUT2D eigenvalue weighted by atomic mass is 10.0. The zero-order valence-corrected chi connectivity index (χ0v) is 17.9. The van der Waals surface area contributed by atoms with Gasteiger partial charge in [0.05, 0.1) is 12.4 Å². The van der Waals surface area contributed by atoms with Crippen molar-refractivity contribution in [3.63, 3.8) is 0 Å². The van der Waals surface area contributed by atoms with Crippen LogP contribution in [-0.4, -0.2) is 48.1 Å². The predicted octanol–water partition coefficient (Wildman–Crippen LogP) is 4.12. The number of benzene rings is 1. The SMILES string of the molecule is C=N/C(=C\C=N/CNC1CCNCC1)c1c(-c2cccc(C(C)(F)F)c2)nc2occn12. The average molecular weight is 440 g/mol. The lowest BCUT2D eigenvalue weighted by molar-refractivity contribution is 0.0175. The number of halogens is 2. The maximum absolute atomic E-state index is 13.9. The second-order valence-electron chi connectivity index (χ2n) is 7.76. The highest BCUT2D eigenvalue weighted by atomic mass is 19.3. The number of hydrogen-bond donors (Lipinski definition) is 2. The lowest BCUT2D eigenvalue weighted by Crippen LogP contribution is -2.39. The number of fused-ring (bicyclic) bond motifs is 1. The molecule has 1 fully saturated rings. The van der Waals surface area contributed by atoms with E-state index < -0.39 is 5.92 Å². The highest BCUT2D eigenvalue weighted by Crippen LogP contribution is 2.34. The Hall–Kier alpha value is -3.17. The van der Waals surface area contributed by atoms with Crippen molar-refractivity contribution in [1.29, 1.82) is 0 Å². The number of allylic oxidation sites excluding steroid dienone is 1. The molecule has 0 bridgehead atoms. The van der Waals surface area contributed by atoms with E-state index in [0.29, 0.717) is 41.2 Å². The van der Waals surface area contributed by atoms with E-state index in [1.165, 1.54) is 18.4 Å². The molecule has 9 heteroatoms. The van der Waals surface area contributed by atoms with Gasteiger partial charge in [-0.25, -0.2) is 8.78 Å². The van der Waals surface area contributed by atoms with Gasteiger partial charge < -0.3 is 9.73 Å². The van der Waals surface area contributed by atoms with E-state index in [2.05, 4.69) is 32.3 Å². The maximum Gasteiger partial charge on any atom is 0.306 e. The Labute approximate surface area is 185 Å². The van der Waals surface area contributed by atoms with Gasteiger partial charge in [-0.3, -0.25) is 19.7 Å². The van der Waals surface area contributed by atoms with E-state index in [9.17, 15) is 8.78 Å². The smallest absolute Gasteiger partial charge is 0.306 e. The van der Waals surface area contributed by atoms with Gasteiger partial charge in [-0.1, -0.05) is 18.2 Å². The first kappa shape index (κ1) is 22.0. The van der Waals surface area contributed by atoms with Crippen LogP contribution < -0.4 is 10.6 Å². The van der Waals surface area contributed by atoms with Crippen molar-refractivity contribution in [2.75, 3.05) is 19.8 Å². The molecule has 1 aliphatic rings. The van der Waals surface area contributed by atoms with Crippen molar-refractivity contribution < 1.29 is 13.2 Å². The fourth-order valence-electron chi connectivity index (χ4n) is 3.76. The Morgan fingerprint density at radius 1 is 1.41 bits per heavy atom. The fourth-order valence-corrected chi connectivity index (χ4v) is 3.76. The molecule has 1 aromatic carbocycles. The van der Waals surface area contributed by atoms with E-state index in [1.807, 2.05) is 0 Å². The second kappa shape index (κ2) is 9.54. The third kappa shape index (κ3) is 4.84. The summed E-state index contributed by atoms with van der Waals surface area (Å²) in [5.41, 5.74) is 2.03. The summed E-state index contributed by atoms with van der Waals surface area (Å²) < 4.78 is 34.9. The van der Waals surface area contributed by atoms with Crippen molar-refractivity contribution in [2.24, 2.45) is 9.98 Å². The number of hydrogen-bond acceptors (Lipinski definition) is 6. The number of piperidine rings is 1. The van der Waals surface area contributed by atoms with E-state index in [-0.39, 0.29) is 5.56 Å². The molecule has 0 radical (unpaired) electrons. The van der Waals surface area contributed by atoms with Gasteiger partial charge in [-0.15, -0.1) is 0 Å². The van der Waals surface area contributed by atoms with E-state index in [4.69, 9.17) is 4.42 Å². The summed E-state index contributed by atoms with van der Waals surface area (Å²) in [6, 6.07) is 6.62. The third-order valence-electron chi connectivity index (χ3n) is 5.47. The number of nitrogens with one attached hydrogen (secondary N) is 2. The molecular formula is C23H26F2N6O. The Bertz CT molecular complexity index is 1140. The Balaban J connectivity index is 1.62. The number of rotatable bonds is 8. The summed E-state index contributed by atoms with van der Waals surface area (Å²) in [7, 11) is 0. The van der Waals surface area contributed by atoms with Crippen molar-refractivity contribution in [3.05, 3.63) is 54.1 Å². The normalized spacial score (nSPS) is 16.3. The summed E-state index contributed by atoms with van der Waals surface area (Å²) in [6.07, 6.45) is 8.77. The largest absolute Gasteiger partial charge is 0.432 e. The first-order valence-corrected chi connectivity index (χ1v) is 10.5. The molecule has 0 spiro atoms. The number of aromatic nitrogens is 2. The van der Waals surface area contributed by atoms with Gasteiger partial charge in [-0.2, -0.15) is 4.98 Å². The highest BCUT2D eigenvalue weighted by molar-refractivity contribution is 5.89. The van der Waals surface area contributed by atoms with E-state index in [1.54, 1.807) is 35.0 Å². The first-order chi connectivity index (χ1) is 15.5. The molecule has 2 aromatic heterocycles. The quantitative estimate of drug-likeness (QED) is 0.517. The van der Waals surface area contributed by atoms with E-state index in [0.717, 1.165) is 32.9 Å². The maximum atomic E-state index is 13.9. The molecule has 0 unspecified atom stereocenters. The minimum Gasteiger partial charge on any atom is -0.432 e. The van der Waals surface area contributed by atoms with Crippen LogP contribution in [0, 0.1) is 0 Å². The van der Waals surface area contributed by atoms with Gasteiger partial charge in [0, 0.05) is 36.5 Å². The zero-order valence-electron chi connectivity index (χ0n) is 17.9. The molecule has 1 saturated heterocycles. The van der Waals surface area contributed by atoms with Crippen LogP contribution >= 0.6 is 0 Å². The standard InChI is InChI=1S/C23H26F2N6O/c1-23(24,25)17-5-3-4-16(14-17)20-21(31-12-13-32-22(31)30-20)19(26-2)8-11-28-15-29-18-6-9-27-10-7-18/h3-5,8,11-14,18,27,29H,2,6-7,9-10,15H2,1H3/b19-8-,28-11-. The van der Waals surface area contributed by atoms with Crippen molar-refractivity contribution in [2.45, 2.75) is 31.7 Å². The van der Waals surface area contributed by atoms with Crippen LogP contribution in [-0.2, 0) is 5.92 Å². The second-order valence-corrected chi connectivity index (χ2v) is 7.76. The molecule has 0 aliphatic carbocycles. The van der Waals surface area contributed by atoms with Crippen LogP contribution in [0.3, 0.4) is 0 Å². The van der Waals surface area contributed by atoms with Crippen molar-refractivity contribution in [1.82, 2.24) is 20.0 Å². The molecule has 7 nitrogen and oxygen atoms in total. The number of nitrogens with zero attached hydrogens (tertiary/aromatic N) is 4. The van der Waals surface area contributed by atoms with Gasteiger partial charge in [0.15, 0.2) is 0 Å². The Morgan fingerprint density at radius 2 is 2.22 bits per heavy atom. The van der Waals surface area contributed by atoms with Gasteiger partial charge in [0.1, 0.15) is 17.7 Å². The first-order valence-electron chi connectivity index (χ1n) is 10.5. The van der Waals surface area contributed by atoms with E-state index >= 15 is 0 Å². The molecule has 32 heavy (non-hydrogen) atoms. The third-order valence-corrected chi connectivity index (χ3v) is 5.47. The summed E-state index contributed by atoms with van der Waals surface area (Å²) >= 11 is 0. The predicted molar refractivity (Wildman–Crippen MR) is 122 cm³/mol. The Morgan fingerprint density at radius 3 is 2.97 bits per heavy atom. The van der Waals surface area contributed by atoms with Crippen LogP contribution in [0.4, 0.5) is 8.78 Å². The molecule has 168 valence electrons. The molecule has 2 N–H and O–H groups in total. The zero-order chi connectivity index (χ0) is 22.6. The molecule has 0 atom stereocenters. The number of aliphatic imine (C=N–C) groups is 2. The van der Waals surface area contributed by atoms with Crippen LogP contribution in [0.25, 0.3) is 22.8 Å². The Kier molecular flexibility index (Phi) is 6.57. The van der Waals surface area contributed by atoms with Crippen molar-refractivity contribution >= 4 is 24.5 Å². The van der Waals surface area contributed by atoms with Crippen LogP contribution in [0.1, 0.15) is 31.0 Å². The molecule has 0 saturated carbocycles. The number of alkyl halides is 2. The molecule has 3 heterocycles. The molecule has 4 rings (SSSR count). The molecule has 3 aromatic rings. The van der Waals surface area contributed by atoms with Crippen LogP contribution in [0.15, 0.2) is 57.2 Å². The molecule has 1 aliphatic heterocycles. The van der Waals surface area contributed by atoms with Gasteiger partial charge >= 0.3 is 5.84 Å². The summed E-state index contributed by atoms with van der Waals surface area (Å²) in [5.74, 6) is -2.62. The van der Waals surface area contributed by atoms with Gasteiger partial charge in [-0.05, 0) is 44.8 Å². The van der Waals surface area contributed by atoms with Crippen LogP contribution in [0.2, 0.25) is 0 Å².